The first-order valence-corrected chi connectivity index (χ1v) is 13.0. The number of ether oxygens (including phenoxy) is 1. The van der Waals surface area contributed by atoms with E-state index in [0.717, 1.165) is 28.9 Å². The number of carboxylic acids is 1. The number of benzene rings is 3. The van der Waals surface area contributed by atoms with Gasteiger partial charge < -0.3 is 14.7 Å². The van der Waals surface area contributed by atoms with E-state index in [-0.39, 0.29) is 24.3 Å². The maximum absolute atomic E-state index is 13.6. The molecule has 0 spiro atoms. The molecule has 1 heterocycles. The molecule has 0 radical (unpaired) electrons. The average Bonchev–Trinajstić information content (AvgIpc) is 3.17. The van der Waals surface area contributed by atoms with Crippen LogP contribution in [-0.4, -0.2) is 34.0 Å². The molecule has 1 N–H and O–H groups in total. The van der Waals surface area contributed by atoms with E-state index < -0.39 is 11.6 Å². The highest BCUT2D eigenvalue weighted by molar-refractivity contribution is 6.30. The molecular formula is C31H34ClNO4. The molecule has 1 amide bonds. The van der Waals surface area contributed by atoms with E-state index >= 15 is 0 Å². The summed E-state index contributed by atoms with van der Waals surface area (Å²) < 4.78 is 6.30. The largest absolute Gasteiger partial charge is 0.487 e. The summed E-state index contributed by atoms with van der Waals surface area (Å²) in [5.41, 5.74) is 4.44. The van der Waals surface area contributed by atoms with E-state index in [0.29, 0.717) is 23.6 Å². The van der Waals surface area contributed by atoms with Crippen molar-refractivity contribution in [3.8, 4) is 5.75 Å². The van der Waals surface area contributed by atoms with Crippen molar-refractivity contribution in [1.82, 2.24) is 4.90 Å². The van der Waals surface area contributed by atoms with Crippen molar-refractivity contribution in [1.29, 1.82) is 0 Å². The summed E-state index contributed by atoms with van der Waals surface area (Å²) in [4.78, 5) is 26.5. The van der Waals surface area contributed by atoms with E-state index in [1.807, 2.05) is 48.5 Å². The molecule has 0 aliphatic carbocycles. The molecule has 0 saturated heterocycles. The quantitative estimate of drug-likeness (QED) is 0.360. The summed E-state index contributed by atoms with van der Waals surface area (Å²) in [6.45, 7) is 9.02. The van der Waals surface area contributed by atoms with Crippen molar-refractivity contribution in [3.63, 3.8) is 0 Å². The third-order valence-electron chi connectivity index (χ3n) is 6.80. The monoisotopic (exact) mass is 519 g/mol. The summed E-state index contributed by atoms with van der Waals surface area (Å²) in [5.74, 6) is -0.334. The van der Waals surface area contributed by atoms with Gasteiger partial charge in [-0.15, -0.1) is 0 Å². The molecular weight excluding hydrogens is 486 g/mol. The zero-order chi connectivity index (χ0) is 26.8. The zero-order valence-corrected chi connectivity index (χ0v) is 22.6. The molecule has 1 aliphatic rings. The summed E-state index contributed by atoms with van der Waals surface area (Å²) in [6, 6.07) is 21.4. The molecule has 194 valence electrons. The molecule has 0 bridgehead atoms. The fraction of sp³-hybridized carbons (Fsp3) is 0.355. The summed E-state index contributed by atoms with van der Waals surface area (Å²) in [5, 5.41) is 9.96. The molecule has 3 aromatic carbocycles. The van der Waals surface area contributed by atoms with Gasteiger partial charge in [0.25, 0.3) is 5.91 Å². The molecule has 0 unspecified atom stereocenters. The van der Waals surface area contributed by atoms with Crippen molar-refractivity contribution in [3.05, 3.63) is 99.6 Å². The van der Waals surface area contributed by atoms with E-state index in [1.165, 1.54) is 5.56 Å². The third kappa shape index (κ3) is 6.72. The first-order valence-electron chi connectivity index (χ1n) is 12.6. The van der Waals surface area contributed by atoms with Gasteiger partial charge >= 0.3 is 5.97 Å². The topological polar surface area (TPSA) is 66.8 Å². The van der Waals surface area contributed by atoms with Crippen LogP contribution in [0.25, 0.3) is 0 Å². The fourth-order valence-electron chi connectivity index (χ4n) is 4.78. The van der Waals surface area contributed by atoms with Gasteiger partial charge in [0.15, 0.2) is 0 Å². The minimum absolute atomic E-state index is 0.0336. The van der Waals surface area contributed by atoms with Crippen molar-refractivity contribution >= 4 is 23.5 Å². The second-order valence-corrected chi connectivity index (χ2v) is 11.6. The van der Waals surface area contributed by atoms with Gasteiger partial charge in [-0.3, -0.25) is 9.59 Å². The highest BCUT2D eigenvalue weighted by Gasteiger charge is 2.35. The number of fused-ring (bicyclic) bond motifs is 1. The number of hydrogen-bond donors (Lipinski definition) is 1. The Labute approximate surface area is 224 Å². The molecule has 0 fully saturated rings. The Hall–Kier alpha value is -3.31. The Bertz CT molecular complexity index is 1280. The van der Waals surface area contributed by atoms with Gasteiger partial charge in [-0.1, -0.05) is 68.8 Å². The number of carbonyl (C=O) groups excluding carboxylic acids is 1. The Balaban J connectivity index is 1.51. The van der Waals surface area contributed by atoms with Crippen molar-refractivity contribution in [2.45, 2.75) is 64.5 Å². The molecule has 0 aromatic heterocycles. The first-order chi connectivity index (χ1) is 17.4. The van der Waals surface area contributed by atoms with Gasteiger partial charge in [0, 0.05) is 36.5 Å². The predicted octanol–water partition coefficient (Wildman–Crippen LogP) is 6.69. The standard InChI is InChI=1S/C31H34ClNO4/c1-30(2,3)25-10-5-22(6-11-25)20-33(16-15-28(34)35)29(36)23-9-14-27-24(17-23)19-31(4,37-27)18-21-7-12-26(32)13-8-21/h5-14,17H,15-16,18-20H2,1-4H3,(H,34,35)/t31-/m0/s1. The molecule has 6 heteroatoms. The maximum atomic E-state index is 13.6. The highest BCUT2D eigenvalue weighted by Crippen LogP contribution is 2.38. The van der Waals surface area contributed by atoms with Crippen molar-refractivity contribution < 1.29 is 19.4 Å². The maximum Gasteiger partial charge on any atom is 0.305 e. The number of halogens is 1. The van der Waals surface area contributed by atoms with Crippen LogP contribution in [0.2, 0.25) is 5.02 Å². The van der Waals surface area contributed by atoms with E-state index in [1.54, 1.807) is 11.0 Å². The first kappa shape index (κ1) is 26.7. The van der Waals surface area contributed by atoms with Gasteiger partial charge in [-0.2, -0.15) is 0 Å². The van der Waals surface area contributed by atoms with Crippen LogP contribution in [0.15, 0.2) is 66.7 Å². The molecule has 1 atom stereocenters. The molecule has 0 saturated carbocycles. The van der Waals surface area contributed by atoms with Crippen LogP contribution in [0.1, 0.15) is 66.7 Å². The van der Waals surface area contributed by atoms with Crippen LogP contribution >= 0.6 is 11.6 Å². The molecule has 4 rings (SSSR count). The third-order valence-corrected chi connectivity index (χ3v) is 7.05. The number of carbonyl (C=O) groups is 2. The van der Waals surface area contributed by atoms with Crippen LogP contribution in [0, 0.1) is 0 Å². The lowest BCUT2D eigenvalue weighted by atomic mass is 9.87. The summed E-state index contributed by atoms with van der Waals surface area (Å²) in [7, 11) is 0. The summed E-state index contributed by atoms with van der Waals surface area (Å²) >= 11 is 6.02. The number of rotatable bonds is 8. The van der Waals surface area contributed by atoms with Crippen LogP contribution < -0.4 is 4.74 Å². The number of nitrogens with zero attached hydrogens (tertiary/aromatic N) is 1. The molecule has 3 aromatic rings. The number of amides is 1. The Kier molecular flexibility index (Phi) is 7.65. The van der Waals surface area contributed by atoms with Gasteiger partial charge in [0.05, 0.1) is 6.42 Å². The lowest BCUT2D eigenvalue weighted by Crippen LogP contribution is -2.33. The Morgan fingerprint density at radius 1 is 1.00 bits per heavy atom. The molecule has 37 heavy (non-hydrogen) atoms. The van der Waals surface area contributed by atoms with Crippen molar-refractivity contribution in [2.75, 3.05) is 6.54 Å². The van der Waals surface area contributed by atoms with Crippen molar-refractivity contribution in [2.24, 2.45) is 0 Å². The number of carboxylic acid groups (broad SMARTS) is 1. The summed E-state index contributed by atoms with van der Waals surface area (Å²) in [6.07, 6.45) is 1.28. The fourth-order valence-corrected chi connectivity index (χ4v) is 4.91. The minimum atomic E-state index is -0.929. The second-order valence-electron chi connectivity index (χ2n) is 11.2. The van der Waals surface area contributed by atoms with Crippen LogP contribution in [0.4, 0.5) is 0 Å². The lowest BCUT2D eigenvalue weighted by Gasteiger charge is -2.24. The van der Waals surface area contributed by atoms with Gasteiger partial charge in [-0.05, 0) is 64.9 Å². The molecule has 5 nitrogen and oxygen atoms in total. The van der Waals surface area contributed by atoms with Crippen LogP contribution in [0.5, 0.6) is 5.75 Å². The van der Waals surface area contributed by atoms with Gasteiger partial charge in [0.1, 0.15) is 11.4 Å². The second kappa shape index (κ2) is 10.6. The van der Waals surface area contributed by atoms with E-state index in [4.69, 9.17) is 16.3 Å². The zero-order valence-electron chi connectivity index (χ0n) is 21.9. The van der Waals surface area contributed by atoms with Gasteiger partial charge in [-0.25, -0.2) is 0 Å². The SMILES string of the molecule is CC(C)(C)c1ccc(CN(CCC(=O)O)C(=O)c2ccc3c(c2)C[C@](C)(Cc2ccc(Cl)cc2)O3)cc1. The predicted molar refractivity (Wildman–Crippen MR) is 146 cm³/mol. The smallest absolute Gasteiger partial charge is 0.305 e. The number of hydrogen-bond acceptors (Lipinski definition) is 3. The van der Waals surface area contributed by atoms with Crippen LogP contribution in [0.3, 0.4) is 0 Å². The highest BCUT2D eigenvalue weighted by atomic mass is 35.5. The normalized spacial score (nSPS) is 16.7. The van der Waals surface area contributed by atoms with E-state index in [9.17, 15) is 14.7 Å². The number of aliphatic carboxylic acids is 1. The van der Waals surface area contributed by atoms with Crippen LogP contribution in [-0.2, 0) is 29.6 Å². The molecule has 1 aliphatic heterocycles. The Morgan fingerprint density at radius 2 is 1.65 bits per heavy atom. The van der Waals surface area contributed by atoms with E-state index in [2.05, 4.69) is 39.8 Å². The van der Waals surface area contributed by atoms with Gasteiger partial charge in [0.2, 0.25) is 0 Å². The lowest BCUT2D eigenvalue weighted by molar-refractivity contribution is -0.137. The Morgan fingerprint density at radius 3 is 2.27 bits per heavy atom. The average molecular weight is 520 g/mol. The minimum Gasteiger partial charge on any atom is -0.487 e.